The van der Waals surface area contributed by atoms with Gasteiger partial charge in [0.05, 0.1) is 0 Å². The lowest BCUT2D eigenvalue weighted by Gasteiger charge is -2.12. The van der Waals surface area contributed by atoms with Gasteiger partial charge in [-0.1, -0.05) is 29.8 Å². The molecule has 0 bridgehead atoms. The van der Waals surface area contributed by atoms with E-state index in [-0.39, 0.29) is 17.6 Å². The molecular formula is C26H24ClN3O3S. The molecule has 34 heavy (non-hydrogen) atoms. The van der Waals surface area contributed by atoms with Crippen molar-refractivity contribution in [2.45, 2.75) is 27.2 Å². The number of nitrogens with one attached hydrogen (secondary N) is 2. The summed E-state index contributed by atoms with van der Waals surface area (Å²) in [7, 11) is 0. The summed E-state index contributed by atoms with van der Waals surface area (Å²) in [6, 6.07) is 17.2. The number of hydrogen-bond acceptors (Lipinski definition) is 5. The van der Waals surface area contributed by atoms with E-state index in [0.717, 1.165) is 39.0 Å². The van der Waals surface area contributed by atoms with Crippen LogP contribution in [0.1, 0.15) is 28.1 Å². The molecule has 0 aliphatic rings. The minimum Gasteiger partial charge on any atom is -0.484 e. The maximum atomic E-state index is 12.2. The lowest BCUT2D eigenvalue weighted by atomic mass is 10.1. The SMILES string of the molecule is Cc1ccc2oc(Cc3ccc(NC(=S)NC(=O)COc4cc(C)c(Cl)c(C)c4)cc3)nc2c1. The normalized spacial score (nSPS) is 10.8. The molecule has 6 nitrogen and oxygen atoms in total. The van der Waals surface area contributed by atoms with Crippen molar-refractivity contribution < 1.29 is 13.9 Å². The highest BCUT2D eigenvalue weighted by Gasteiger charge is 2.10. The minimum atomic E-state index is -0.356. The van der Waals surface area contributed by atoms with Gasteiger partial charge >= 0.3 is 0 Å². The Morgan fingerprint density at radius 3 is 2.47 bits per heavy atom. The van der Waals surface area contributed by atoms with E-state index in [1.165, 1.54) is 0 Å². The molecule has 0 spiro atoms. The van der Waals surface area contributed by atoms with Crippen molar-refractivity contribution in [1.82, 2.24) is 10.3 Å². The Kier molecular flexibility index (Phi) is 7.14. The van der Waals surface area contributed by atoms with Crippen molar-refractivity contribution in [3.05, 3.63) is 87.8 Å². The number of ether oxygens (including phenoxy) is 1. The molecule has 0 fully saturated rings. The highest BCUT2D eigenvalue weighted by atomic mass is 35.5. The van der Waals surface area contributed by atoms with Gasteiger partial charge in [-0.05, 0) is 91.6 Å². The monoisotopic (exact) mass is 493 g/mol. The van der Waals surface area contributed by atoms with E-state index in [2.05, 4.69) is 15.6 Å². The third kappa shape index (κ3) is 5.92. The van der Waals surface area contributed by atoms with Crippen LogP contribution in [-0.4, -0.2) is 22.6 Å². The second-order valence-corrected chi connectivity index (χ2v) is 8.90. The topological polar surface area (TPSA) is 76.4 Å². The third-order valence-corrected chi connectivity index (χ3v) is 5.99. The lowest BCUT2D eigenvalue weighted by Crippen LogP contribution is -2.37. The second-order valence-electron chi connectivity index (χ2n) is 8.11. The fourth-order valence-corrected chi connectivity index (χ4v) is 3.85. The van der Waals surface area contributed by atoms with E-state index in [0.29, 0.717) is 23.1 Å². The van der Waals surface area contributed by atoms with Crippen molar-refractivity contribution in [3.8, 4) is 5.75 Å². The van der Waals surface area contributed by atoms with Gasteiger partial charge in [0.25, 0.3) is 5.91 Å². The van der Waals surface area contributed by atoms with Gasteiger partial charge in [-0.25, -0.2) is 4.98 Å². The van der Waals surface area contributed by atoms with E-state index in [9.17, 15) is 4.79 Å². The van der Waals surface area contributed by atoms with Crippen LogP contribution in [0.25, 0.3) is 11.1 Å². The first-order chi connectivity index (χ1) is 16.3. The van der Waals surface area contributed by atoms with Crippen LogP contribution >= 0.6 is 23.8 Å². The minimum absolute atomic E-state index is 0.161. The lowest BCUT2D eigenvalue weighted by molar-refractivity contribution is -0.121. The number of carbonyl (C=O) groups excluding carboxylic acids is 1. The molecule has 0 saturated carbocycles. The number of amides is 1. The van der Waals surface area contributed by atoms with Crippen molar-refractivity contribution in [3.63, 3.8) is 0 Å². The quantitative estimate of drug-likeness (QED) is 0.326. The van der Waals surface area contributed by atoms with Crippen LogP contribution in [0.4, 0.5) is 5.69 Å². The van der Waals surface area contributed by atoms with Crippen molar-refractivity contribution in [2.75, 3.05) is 11.9 Å². The number of aromatic nitrogens is 1. The standard InChI is InChI=1S/C26H24ClN3O3S/c1-15-4-9-22-21(10-15)29-24(33-22)13-18-5-7-19(8-6-18)28-26(34)30-23(31)14-32-20-11-16(2)25(27)17(3)12-20/h4-12H,13-14H2,1-3H3,(H2,28,30,31,34). The van der Waals surface area contributed by atoms with Gasteiger partial charge in [0.15, 0.2) is 23.2 Å². The summed E-state index contributed by atoms with van der Waals surface area (Å²) in [5.41, 5.74) is 6.38. The molecule has 0 unspecified atom stereocenters. The molecule has 1 heterocycles. The number of thiocarbonyl (C=S) groups is 1. The number of oxazole rings is 1. The summed E-state index contributed by atoms with van der Waals surface area (Å²) in [5.74, 6) is 0.888. The number of benzene rings is 3. The van der Waals surface area contributed by atoms with E-state index >= 15 is 0 Å². The predicted molar refractivity (Wildman–Crippen MR) is 139 cm³/mol. The second kappa shape index (κ2) is 10.2. The zero-order valence-electron chi connectivity index (χ0n) is 19.1. The van der Waals surface area contributed by atoms with E-state index < -0.39 is 0 Å². The number of aryl methyl sites for hydroxylation is 3. The van der Waals surface area contributed by atoms with Crippen molar-refractivity contribution in [2.24, 2.45) is 0 Å². The van der Waals surface area contributed by atoms with Gasteiger partial charge in [-0.3, -0.25) is 10.1 Å². The highest BCUT2D eigenvalue weighted by molar-refractivity contribution is 7.80. The molecular weight excluding hydrogens is 470 g/mol. The van der Waals surface area contributed by atoms with E-state index in [4.69, 9.17) is 33.0 Å². The van der Waals surface area contributed by atoms with E-state index in [1.807, 2.05) is 63.2 Å². The Morgan fingerprint density at radius 2 is 1.76 bits per heavy atom. The van der Waals surface area contributed by atoms with Crippen LogP contribution in [0.3, 0.4) is 0 Å². The average Bonchev–Trinajstić information content (AvgIpc) is 3.18. The third-order valence-electron chi connectivity index (χ3n) is 5.19. The predicted octanol–water partition coefficient (Wildman–Crippen LogP) is 5.89. The Morgan fingerprint density at radius 1 is 1.06 bits per heavy atom. The summed E-state index contributed by atoms with van der Waals surface area (Å²) < 4.78 is 11.4. The van der Waals surface area contributed by atoms with Gasteiger partial charge in [0, 0.05) is 17.1 Å². The Labute approximate surface area is 208 Å². The van der Waals surface area contributed by atoms with Crippen LogP contribution in [0.15, 0.2) is 59.0 Å². The molecule has 4 aromatic rings. The molecule has 1 amide bonds. The summed E-state index contributed by atoms with van der Waals surface area (Å²) >= 11 is 11.4. The number of fused-ring (bicyclic) bond motifs is 1. The first-order valence-electron chi connectivity index (χ1n) is 10.7. The number of anilines is 1. The Balaban J connectivity index is 1.27. The molecule has 3 aromatic carbocycles. The molecule has 174 valence electrons. The summed E-state index contributed by atoms with van der Waals surface area (Å²) in [4.78, 5) is 16.8. The largest absolute Gasteiger partial charge is 0.484 e. The summed E-state index contributed by atoms with van der Waals surface area (Å²) in [5, 5.41) is 6.51. The number of carbonyl (C=O) groups is 1. The number of halogens is 1. The molecule has 1 aromatic heterocycles. The fourth-order valence-electron chi connectivity index (χ4n) is 3.50. The van der Waals surface area contributed by atoms with Gasteiger partial charge in [-0.15, -0.1) is 0 Å². The van der Waals surface area contributed by atoms with Gasteiger partial charge < -0.3 is 14.5 Å². The molecule has 4 rings (SSSR count). The molecule has 0 radical (unpaired) electrons. The number of rotatable bonds is 6. The highest BCUT2D eigenvalue weighted by Crippen LogP contribution is 2.25. The molecule has 0 aliphatic heterocycles. The maximum absolute atomic E-state index is 12.2. The van der Waals surface area contributed by atoms with Crippen molar-refractivity contribution in [1.29, 1.82) is 0 Å². The maximum Gasteiger partial charge on any atom is 0.264 e. The Bertz CT molecular complexity index is 1340. The van der Waals surface area contributed by atoms with E-state index in [1.54, 1.807) is 12.1 Å². The fraction of sp³-hybridized carbons (Fsp3) is 0.192. The van der Waals surface area contributed by atoms with Crippen LogP contribution in [0.2, 0.25) is 5.02 Å². The smallest absolute Gasteiger partial charge is 0.264 e. The number of nitrogens with zero attached hydrogens (tertiary/aromatic N) is 1. The first-order valence-corrected chi connectivity index (χ1v) is 11.5. The zero-order valence-corrected chi connectivity index (χ0v) is 20.6. The van der Waals surface area contributed by atoms with Crippen LogP contribution in [0.5, 0.6) is 5.75 Å². The van der Waals surface area contributed by atoms with Crippen molar-refractivity contribution >= 4 is 51.6 Å². The number of hydrogen-bond donors (Lipinski definition) is 2. The molecule has 2 N–H and O–H groups in total. The molecule has 0 saturated heterocycles. The van der Waals surface area contributed by atoms with Crippen LogP contribution < -0.4 is 15.4 Å². The van der Waals surface area contributed by atoms with Gasteiger partial charge in [0.1, 0.15) is 11.3 Å². The van der Waals surface area contributed by atoms with Crippen LogP contribution in [0, 0.1) is 20.8 Å². The molecule has 0 atom stereocenters. The average molecular weight is 494 g/mol. The zero-order chi connectivity index (χ0) is 24.2. The van der Waals surface area contributed by atoms with Crippen LogP contribution in [-0.2, 0) is 11.2 Å². The molecule has 8 heteroatoms. The van der Waals surface area contributed by atoms with Gasteiger partial charge in [-0.2, -0.15) is 0 Å². The van der Waals surface area contributed by atoms with Gasteiger partial charge in [0.2, 0.25) is 0 Å². The first kappa shape index (κ1) is 23.7. The summed E-state index contributed by atoms with van der Waals surface area (Å²) in [6.45, 7) is 5.65. The molecule has 0 aliphatic carbocycles. The Hall–Kier alpha value is -3.42. The summed E-state index contributed by atoms with van der Waals surface area (Å²) in [6.07, 6.45) is 0.580.